The average Bonchev–Trinajstić information content (AvgIpc) is 2.56. The Morgan fingerprint density at radius 2 is 1.95 bits per heavy atom. The van der Waals surface area contributed by atoms with Crippen LogP contribution < -0.4 is 14.8 Å². The third kappa shape index (κ3) is 2.74. The van der Waals surface area contributed by atoms with Crippen molar-refractivity contribution in [3.63, 3.8) is 0 Å². The monoisotopic (exact) mass is 283 g/mol. The minimum Gasteiger partial charge on any atom is -0.497 e. The maximum atomic E-state index is 5.94. The number of para-hydroxylation sites is 1. The van der Waals surface area contributed by atoms with Crippen LogP contribution in [0.15, 0.2) is 42.5 Å². The van der Waals surface area contributed by atoms with Crippen LogP contribution in [-0.2, 0) is 6.42 Å². The predicted octanol–water partition coefficient (Wildman–Crippen LogP) is 3.33. The minimum absolute atomic E-state index is 0.129. The van der Waals surface area contributed by atoms with E-state index in [1.807, 2.05) is 19.2 Å². The van der Waals surface area contributed by atoms with Gasteiger partial charge in [-0.15, -0.1) is 0 Å². The highest BCUT2D eigenvalue weighted by molar-refractivity contribution is 5.48. The largest absolute Gasteiger partial charge is 0.497 e. The van der Waals surface area contributed by atoms with Crippen molar-refractivity contribution in [2.75, 3.05) is 20.8 Å². The molecule has 0 aliphatic carbocycles. The molecule has 0 fully saturated rings. The van der Waals surface area contributed by atoms with E-state index in [0.29, 0.717) is 0 Å². The van der Waals surface area contributed by atoms with Gasteiger partial charge in [-0.25, -0.2) is 0 Å². The lowest BCUT2D eigenvalue weighted by Crippen LogP contribution is -2.20. The zero-order valence-corrected chi connectivity index (χ0v) is 12.6. The van der Waals surface area contributed by atoms with E-state index in [9.17, 15) is 0 Å². The molecule has 0 saturated heterocycles. The Bertz CT molecular complexity index is 607. The molecular weight excluding hydrogens is 262 g/mol. The first kappa shape index (κ1) is 14.0. The van der Waals surface area contributed by atoms with Crippen LogP contribution in [0.4, 0.5) is 0 Å². The van der Waals surface area contributed by atoms with Gasteiger partial charge in [-0.3, -0.25) is 0 Å². The van der Waals surface area contributed by atoms with E-state index in [1.54, 1.807) is 7.11 Å². The van der Waals surface area contributed by atoms with Crippen molar-refractivity contribution >= 4 is 0 Å². The van der Waals surface area contributed by atoms with Crippen LogP contribution in [0.3, 0.4) is 0 Å². The summed E-state index contributed by atoms with van der Waals surface area (Å²) in [5.74, 6) is 1.93. The number of benzene rings is 2. The molecule has 0 radical (unpaired) electrons. The van der Waals surface area contributed by atoms with E-state index >= 15 is 0 Å². The highest BCUT2D eigenvalue weighted by Crippen LogP contribution is 2.35. The van der Waals surface area contributed by atoms with E-state index in [4.69, 9.17) is 9.47 Å². The van der Waals surface area contributed by atoms with Crippen molar-refractivity contribution in [1.29, 1.82) is 0 Å². The van der Waals surface area contributed by atoms with Gasteiger partial charge in [0.25, 0.3) is 0 Å². The first-order valence-electron chi connectivity index (χ1n) is 7.39. The maximum absolute atomic E-state index is 5.94. The molecule has 0 saturated carbocycles. The summed E-state index contributed by atoms with van der Waals surface area (Å²) in [6.07, 6.45) is 2.20. The second kappa shape index (κ2) is 6.19. The normalized spacial score (nSPS) is 15.0. The van der Waals surface area contributed by atoms with Crippen LogP contribution in [0.2, 0.25) is 0 Å². The van der Waals surface area contributed by atoms with E-state index in [1.165, 1.54) is 16.7 Å². The third-order valence-corrected chi connectivity index (χ3v) is 4.01. The molecule has 1 aliphatic heterocycles. The van der Waals surface area contributed by atoms with Gasteiger partial charge in [-0.2, -0.15) is 0 Å². The summed E-state index contributed by atoms with van der Waals surface area (Å²) in [6, 6.07) is 14.8. The maximum Gasteiger partial charge on any atom is 0.127 e. The smallest absolute Gasteiger partial charge is 0.127 e. The Kier molecular flexibility index (Phi) is 4.11. The van der Waals surface area contributed by atoms with Gasteiger partial charge in [0.2, 0.25) is 0 Å². The predicted molar refractivity (Wildman–Crippen MR) is 84.2 cm³/mol. The summed E-state index contributed by atoms with van der Waals surface area (Å²) in [5, 5.41) is 3.40. The average molecular weight is 283 g/mol. The van der Waals surface area contributed by atoms with E-state index < -0.39 is 0 Å². The Hall–Kier alpha value is -2.00. The van der Waals surface area contributed by atoms with Crippen molar-refractivity contribution in [2.24, 2.45) is 0 Å². The fourth-order valence-corrected chi connectivity index (χ4v) is 2.94. The summed E-state index contributed by atoms with van der Waals surface area (Å²) in [7, 11) is 3.67. The quantitative estimate of drug-likeness (QED) is 0.933. The van der Waals surface area contributed by atoms with Crippen molar-refractivity contribution in [1.82, 2.24) is 5.32 Å². The molecule has 1 atom stereocenters. The molecule has 0 bridgehead atoms. The van der Waals surface area contributed by atoms with Crippen molar-refractivity contribution in [3.05, 3.63) is 59.2 Å². The van der Waals surface area contributed by atoms with Crippen LogP contribution in [0.1, 0.15) is 29.2 Å². The van der Waals surface area contributed by atoms with Crippen LogP contribution in [0.5, 0.6) is 11.5 Å². The highest BCUT2D eigenvalue weighted by atomic mass is 16.5. The molecule has 1 unspecified atom stereocenters. The number of aryl methyl sites for hydroxylation is 1. The molecule has 0 spiro atoms. The molecule has 3 heteroatoms. The first-order valence-corrected chi connectivity index (χ1v) is 7.39. The zero-order valence-electron chi connectivity index (χ0n) is 12.6. The standard InChI is InChI=1S/C18H21NO2/c1-19-17(13-8-10-15(20-2)11-9-13)16-7-3-5-14-6-4-12-21-18(14)16/h3,5,7-11,17,19H,4,6,12H2,1-2H3. The topological polar surface area (TPSA) is 30.5 Å². The van der Waals surface area contributed by atoms with Gasteiger partial charge in [-0.05, 0) is 43.1 Å². The molecule has 2 aromatic rings. The van der Waals surface area contributed by atoms with Gasteiger partial charge < -0.3 is 14.8 Å². The van der Waals surface area contributed by atoms with Crippen LogP contribution in [0.25, 0.3) is 0 Å². The Balaban J connectivity index is 1.99. The van der Waals surface area contributed by atoms with Crippen molar-refractivity contribution < 1.29 is 9.47 Å². The molecule has 2 aromatic carbocycles. The van der Waals surface area contributed by atoms with E-state index in [-0.39, 0.29) is 6.04 Å². The van der Waals surface area contributed by atoms with Crippen molar-refractivity contribution in [2.45, 2.75) is 18.9 Å². The summed E-state index contributed by atoms with van der Waals surface area (Å²) in [4.78, 5) is 0. The lowest BCUT2D eigenvalue weighted by molar-refractivity contribution is 0.283. The molecule has 110 valence electrons. The summed E-state index contributed by atoms with van der Waals surface area (Å²) in [5.41, 5.74) is 3.73. The SMILES string of the molecule is CNC(c1ccc(OC)cc1)c1cccc2c1OCCC2. The second-order valence-corrected chi connectivity index (χ2v) is 5.28. The molecule has 3 rings (SSSR count). The van der Waals surface area contributed by atoms with Crippen molar-refractivity contribution in [3.8, 4) is 11.5 Å². The molecule has 21 heavy (non-hydrogen) atoms. The summed E-state index contributed by atoms with van der Waals surface area (Å²) >= 11 is 0. The number of fused-ring (bicyclic) bond motifs is 1. The molecule has 0 aromatic heterocycles. The molecule has 1 heterocycles. The molecule has 1 aliphatic rings. The van der Waals surface area contributed by atoms with Crippen LogP contribution >= 0.6 is 0 Å². The second-order valence-electron chi connectivity index (χ2n) is 5.28. The van der Waals surface area contributed by atoms with Gasteiger partial charge in [0, 0.05) is 5.56 Å². The Labute approximate surface area is 125 Å². The van der Waals surface area contributed by atoms with Gasteiger partial charge in [0.15, 0.2) is 0 Å². The molecular formula is C18H21NO2. The van der Waals surface area contributed by atoms with E-state index in [2.05, 4.69) is 35.6 Å². The van der Waals surface area contributed by atoms with Gasteiger partial charge in [0.05, 0.1) is 19.8 Å². The molecule has 3 nitrogen and oxygen atoms in total. The third-order valence-electron chi connectivity index (χ3n) is 4.01. The van der Waals surface area contributed by atoms with Gasteiger partial charge >= 0.3 is 0 Å². The number of hydrogen-bond acceptors (Lipinski definition) is 3. The minimum atomic E-state index is 0.129. The molecule has 1 N–H and O–H groups in total. The number of methoxy groups -OCH3 is 1. The number of hydrogen-bond donors (Lipinski definition) is 1. The number of nitrogens with one attached hydrogen (secondary N) is 1. The summed E-state index contributed by atoms with van der Waals surface area (Å²) < 4.78 is 11.2. The fraction of sp³-hybridized carbons (Fsp3) is 0.333. The first-order chi connectivity index (χ1) is 10.3. The van der Waals surface area contributed by atoms with E-state index in [0.717, 1.165) is 30.9 Å². The van der Waals surface area contributed by atoms with Crippen LogP contribution in [0, 0.1) is 0 Å². The number of ether oxygens (including phenoxy) is 2. The number of rotatable bonds is 4. The zero-order chi connectivity index (χ0) is 14.7. The Morgan fingerprint density at radius 1 is 1.14 bits per heavy atom. The fourth-order valence-electron chi connectivity index (χ4n) is 2.94. The summed E-state index contributed by atoms with van der Waals surface area (Å²) in [6.45, 7) is 0.809. The van der Waals surface area contributed by atoms with Gasteiger partial charge in [0.1, 0.15) is 11.5 Å². The van der Waals surface area contributed by atoms with Gasteiger partial charge in [-0.1, -0.05) is 30.3 Å². The highest BCUT2D eigenvalue weighted by Gasteiger charge is 2.21. The van der Waals surface area contributed by atoms with Crippen LogP contribution in [-0.4, -0.2) is 20.8 Å². The lowest BCUT2D eigenvalue weighted by Gasteiger charge is -2.25. The lowest BCUT2D eigenvalue weighted by atomic mass is 9.94. The Morgan fingerprint density at radius 3 is 2.67 bits per heavy atom. The molecule has 0 amide bonds.